The molecule has 1 saturated heterocycles. The Kier molecular flexibility index (Phi) is 3.78. The molecule has 0 spiro atoms. The Morgan fingerprint density at radius 1 is 1.42 bits per heavy atom. The number of hydrogen-bond donors (Lipinski definition) is 2. The number of piperidine rings is 1. The minimum absolute atomic E-state index is 0.114. The van der Waals surface area contributed by atoms with Gasteiger partial charge in [-0.2, -0.15) is 0 Å². The molecule has 2 amide bonds. The lowest BCUT2D eigenvalue weighted by molar-refractivity contribution is -0.126. The zero-order valence-electron chi connectivity index (χ0n) is 10.4. The van der Waals surface area contributed by atoms with Crippen LogP contribution in [0.1, 0.15) is 18.4 Å². The number of amides is 2. The van der Waals surface area contributed by atoms with Crippen molar-refractivity contribution in [2.24, 2.45) is 5.92 Å². The van der Waals surface area contributed by atoms with Crippen LogP contribution < -0.4 is 10.6 Å². The SMILES string of the molecule is Cc1ccc(F)c(NC(=O)C2CCC(=O)NC2)c1F. The molecule has 2 N–H and O–H groups in total. The molecule has 4 nitrogen and oxygen atoms in total. The zero-order chi connectivity index (χ0) is 14.0. The van der Waals surface area contributed by atoms with Gasteiger partial charge in [-0.05, 0) is 25.0 Å². The number of rotatable bonds is 2. The van der Waals surface area contributed by atoms with Crippen LogP contribution in [0, 0.1) is 24.5 Å². The molecule has 1 aliphatic rings. The van der Waals surface area contributed by atoms with Gasteiger partial charge in [0.25, 0.3) is 0 Å². The van der Waals surface area contributed by atoms with Crippen molar-refractivity contribution >= 4 is 17.5 Å². The van der Waals surface area contributed by atoms with Crippen molar-refractivity contribution in [2.75, 3.05) is 11.9 Å². The largest absolute Gasteiger partial charge is 0.355 e. The Balaban J connectivity index is 2.11. The van der Waals surface area contributed by atoms with Crippen molar-refractivity contribution in [1.29, 1.82) is 0 Å². The second-order valence-corrected chi connectivity index (χ2v) is 4.58. The lowest BCUT2D eigenvalue weighted by Gasteiger charge is -2.22. The average Bonchev–Trinajstić information content (AvgIpc) is 2.40. The van der Waals surface area contributed by atoms with Gasteiger partial charge in [0.1, 0.15) is 11.5 Å². The molecule has 0 aromatic heterocycles. The summed E-state index contributed by atoms with van der Waals surface area (Å²) >= 11 is 0. The van der Waals surface area contributed by atoms with E-state index in [2.05, 4.69) is 10.6 Å². The maximum Gasteiger partial charge on any atom is 0.229 e. The van der Waals surface area contributed by atoms with Gasteiger partial charge in [0.15, 0.2) is 5.82 Å². The van der Waals surface area contributed by atoms with Crippen molar-refractivity contribution in [3.05, 3.63) is 29.3 Å². The number of carbonyl (C=O) groups is 2. The second kappa shape index (κ2) is 5.34. The highest BCUT2D eigenvalue weighted by molar-refractivity contribution is 5.94. The third kappa shape index (κ3) is 2.89. The number of nitrogens with one attached hydrogen (secondary N) is 2. The summed E-state index contributed by atoms with van der Waals surface area (Å²) in [7, 11) is 0. The highest BCUT2D eigenvalue weighted by Gasteiger charge is 2.26. The van der Waals surface area contributed by atoms with Crippen LogP contribution in [0.5, 0.6) is 0 Å². The van der Waals surface area contributed by atoms with Gasteiger partial charge in [-0.1, -0.05) is 6.07 Å². The minimum Gasteiger partial charge on any atom is -0.355 e. The number of benzene rings is 1. The molecule has 6 heteroatoms. The van der Waals surface area contributed by atoms with E-state index in [-0.39, 0.29) is 24.4 Å². The minimum atomic E-state index is -0.809. The van der Waals surface area contributed by atoms with Crippen LogP contribution in [0.25, 0.3) is 0 Å². The van der Waals surface area contributed by atoms with Gasteiger partial charge < -0.3 is 10.6 Å². The summed E-state index contributed by atoms with van der Waals surface area (Å²) in [5.41, 5.74) is -0.171. The summed E-state index contributed by atoms with van der Waals surface area (Å²) in [6.45, 7) is 1.69. The van der Waals surface area contributed by atoms with Crippen molar-refractivity contribution in [3.63, 3.8) is 0 Å². The first-order valence-corrected chi connectivity index (χ1v) is 6.01. The van der Waals surface area contributed by atoms with E-state index in [1.165, 1.54) is 13.0 Å². The molecule has 1 aromatic rings. The second-order valence-electron chi connectivity index (χ2n) is 4.58. The van der Waals surface area contributed by atoms with Crippen LogP contribution in [-0.4, -0.2) is 18.4 Å². The molecule has 0 bridgehead atoms. The molecule has 2 rings (SSSR count). The van der Waals surface area contributed by atoms with Gasteiger partial charge in [0, 0.05) is 13.0 Å². The molecule has 1 aliphatic heterocycles. The highest BCUT2D eigenvalue weighted by atomic mass is 19.1. The smallest absolute Gasteiger partial charge is 0.229 e. The maximum absolute atomic E-state index is 13.7. The first-order chi connectivity index (χ1) is 8.99. The van der Waals surface area contributed by atoms with Gasteiger partial charge >= 0.3 is 0 Å². The molecule has 1 aromatic carbocycles. The Bertz CT molecular complexity index is 522. The van der Waals surface area contributed by atoms with Gasteiger partial charge in [-0.25, -0.2) is 8.78 Å². The Labute approximate surface area is 109 Å². The van der Waals surface area contributed by atoms with E-state index in [0.717, 1.165) is 6.07 Å². The number of anilines is 1. The third-order valence-electron chi connectivity index (χ3n) is 3.17. The topological polar surface area (TPSA) is 58.2 Å². The van der Waals surface area contributed by atoms with Crippen molar-refractivity contribution in [2.45, 2.75) is 19.8 Å². The monoisotopic (exact) mass is 268 g/mol. The Morgan fingerprint density at radius 2 is 2.16 bits per heavy atom. The molecule has 1 fully saturated rings. The normalized spacial score (nSPS) is 18.9. The number of aryl methyl sites for hydroxylation is 1. The third-order valence-corrected chi connectivity index (χ3v) is 3.17. The van der Waals surface area contributed by atoms with Crippen molar-refractivity contribution < 1.29 is 18.4 Å². The standard InChI is InChI=1S/C13H14F2N2O2/c1-7-2-4-9(14)12(11(7)15)17-13(19)8-3-5-10(18)16-6-8/h2,4,8H,3,5-6H2,1H3,(H,16,18)(H,17,19). The molecule has 0 radical (unpaired) electrons. The van der Waals surface area contributed by atoms with Gasteiger partial charge in [0.05, 0.1) is 5.92 Å². The fourth-order valence-corrected chi connectivity index (χ4v) is 1.95. The summed E-state index contributed by atoms with van der Waals surface area (Å²) in [5.74, 6) is -2.64. The first kappa shape index (κ1) is 13.5. The van der Waals surface area contributed by atoms with Gasteiger partial charge in [-0.15, -0.1) is 0 Å². The molecule has 1 heterocycles. The molecule has 0 saturated carbocycles. The number of carbonyl (C=O) groups excluding carboxylic acids is 2. The van der Waals surface area contributed by atoms with Crippen LogP contribution in [0.3, 0.4) is 0 Å². The summed E-state index contributed by atoms with van der Waals surface area (Å²) in [6.07, 6.45) is 0.629. The molecule has 1 atom stereocenters. The maximum atomic E-state index is 13.7. The lowest BCUT2D eigenvalue weighted by atomic mass is 9.98. The summed E-state index contributed by atoms with van der Waals surface area (Å²) < 4.78 is 27.2. The van der Waals surface area contributed by atoms with Gasteiger partial charge in [-0.3, -0.25) is 9.59 Å². The first-order valence-electron chi connectivity index (χ1n) is 6.01. The van der Waals surface area contributed by atoms with E-state index in [4.69, 9.17) is 0 Å². The summed E-state index contributed by atoms with van der Waals surface area (Å²) in [4.78, 5) is 22.9. The predicted octanol–water partition coefficient (Wildman–Crippen LogP) is 1.74. The predicted molar refractivity (Wildman–Crippen MR) is 65.5 cm³/mol. The zero-order valence-corrected chi connectivity index (χ0v) is 10.4. The van der Waals surface area contributed by atoms with E-state index < -0.39 is 29.1 Å². The molecule has 19 heavy (non-hydrogen) atoms. The fourth-order valence-electron chi connectivity index (χ4n) is 1.95. The summed E-state index contributed by atoms with van der Waals surface area (Å²) in [6, 6.07) is 2.41. The van der Waals surface area contributed by atoms with Crippen LogP contribution in [0.2, 0.25) is 0 Å². The van der Waals surface area contributed by atoms with E-state index in [0.29, 0.717) is 6.42 Å². The van der Waals surface area contributed by atoms with E-state index in [1.54, 1.807) is 0 Å². The van der Waals surface area contributed by atoms with E-state index >= 15 is 0 Å². The molecule has 102 valence electrons. The summed E-state index contributed by atoms with van der Waals surface area (Å²) in [5, 5.41) is 4.82. The molecular formula is C13H14F2N2O2. The van der Waals surface area contributed by atoms with Crippen molar-refractivity contribution in [1.82, 2.24) is 5.32 Å². The van der Waals surface area contributed by atoms with E-state index in [9.17, 15) is 18.4 Å². The number of hydrogen-bond acceptors (Lipinski definition) is 2. The van der Waals surface area contributed by atoms with Crippen LogP contribution >= 0.6 is 0 Å². The average molecular weight is 268 g/mol. The van der Waals surface area contributed by atoms with E-state index in [1.807, 2.05) is 0 Å². The molecule has 1 unspecified atom stereocenters. The molecular weight excluding hydrogens is 254 g/mol. The quantitative estimate of drug-likeness (QED) is 0.858. The van der Waals surface area contributed by atoms with Crippen LogP contribution in [0.4, 0.5) is 14.5 Å². The van der Waals surface area contributed by atoms with Crippen LogP contribution in [-0.2, 0) is 9.59 Å². The number of halogens is 2. The molecule has 0 aliphatic carbocycles. The fraction of sp³-hybridized carbons (Fsp3) is 0.385. The van der Waals surface area contributed by atoms with Crippen molar-refractivity contribution in [3.8, 4) is 0 Å². The van der Waals surface area contributed by atoms with Crippen LogP contribution in [0.15, 0.2) is 12.1 Å². The lowest BCUT2D eigenvalue weighted by Crippen LogP contribution is -2.40. The van der Waals surface area contributed by atoms with Gasteiger partial charge in [0.2, 0.25) is 11.8 Å². The Hall–Kier alpha value is -1.98. The highest BCUT2D eigenvalue weighted by Crippen LogP contribution is 2.23. The Morgan fingerprint density at radius 3 is 2.79 bits per heavy atom.